The number of benzene rings is 1. The van der Waals surface area contributed by atoms with Crippen molar-refractivity contribution in [2.24, 2.45) is 0 Å². The van der Waals surface area contributed by atoms with Crippen LogP contribution in [0.3, 0.4) is 0 Å². The molecule has 0 bridgehead atoms. The van der Waals surface area contributed by atoms with Gasteiger partial charge in [0.2, 0.25) is 0 Å². The minimum absolute atomic E-state index is 0.0686. The fourth-order valence-corrected chi connectivity index (χ4v) is 1.64. The lowest BCUT2D eigenvalue weighted by molar-refractivity contribution is -0.138. The number of likely N-dealkylation sites (N-methyl/N-ethyl adjacent to an activating group) is 1. The molecule has 0 amide bonds. The Morgan fingerprint density at radius 2 is 1.81 bits per heavy atom. The zero-order valence-corrected chi connectivity index (χ0v) is 9.76. The molecule has 1 aromatic rings. The van der Waals surface area contributed by atoms with Crippen molar-refractivity contribution in [2.75, 3.05) is 27.3 Å². The van der Waals surface area contributed by atoms with Gasteiger partial charge in [0.25, 0.3) is 0 Å². The van der Waals surface area contributed by atoms with E-state index >= 15 is 0 Å². The molecule has 1 N–H and O–H groups in total. The first-order chi connectivity index (χ1) is 7.58. The molecule has 0 fully saturated rings. The van der Waals surface area contributed by atoms with Crippen LogP contribution < -0.4 is 0 Å². The molecular formula is C12H18N2O2. The van der Waals surface area contributed by atoms with E-state index < -0.39 is 5.97 Å². The van der Waals surface area contributed by atoms with Gasteiger partial charge in [-0.1, -0.05) is 30.3 Å². The standard InChI is InChI=1S/C12H18N2O2/c1-13(10-14(2)9-12(15)16)8-11-6-4-3-5-7-11/h3-7H,8-10H2,1-2H3,(H,15,16). The summed E-state index contributed by atoms with van der Waals surface area (Å²) in [4.78, 5) is 14.3. The highest BCUT2D eigenvalue weighted by Crippen LogP contribution is 2.02. The van der Waals surface area contributed by atoms with Gasteiger partial charge < -0.3 is 5.11 Å². The van der Waals surface area contributed by atoms with E-state index in [4.69, 9.17) is 5.11 Å². The Labute approximate surface area is 96.1 Å². The van der Waals surface area contributed by atoms with Gasteiger partial charge in [-0.15, -0.1) is 0 Å². The van der Waals surface area contributed by atoms with Crippen LogP contribution in [-0.4, -0.2) is 48.2 Å². The van der Waals surface area contributed by atoms with Crippen LogP contribution >= 0.6 is 0 Å². The van der Waals surface area contributed by atoms with Crippen molar-refractivity contribution in [3.05, 3.63) is 35.9 Å². The number of aliphatic carboxylic acids is 1. The molecule has 0 saturated carbocycles. The van der Waals surface area contributed by atoms with E-state index in [1.54, 1.807) is 11.9 Å². The molecule has 0 atom stereocenters. The van der Waals surface area contributed by atoms with Crippen molar-refractivity contribution in [3.8, 4) is 0 Å². The second-order valence-corrected chi connectivity index (χ2v) is 4.05. The average Bonchev–Trinajstić information content (AvgIpc) is 2.17. The van der Waals surface area contributed by atoms with Crippen molar-refractivity contribution < 1.29 is 9.90 Å². The predicted octanol–water partition coefficient (Wildman–Crippen LogP) is 1.09. The number of carboxylic acids is 1. The van der Waals surface area contributed by atoms with E-state index in [1.807, 2.05) is 25.2 Å². The molecule has 16 heavy (non-hydrogen) atoms. The summed E-state index contributed by atoms with van der Waals surface area (Å²) in [7, 11) is 3.78. The zero-order valence-electron chi connectivity index (χ0n) is 9.76. The Kier molecular flexibility index (Phi) is 4.95. The highest BCUT2D eigenvalue weighted by atomic mass is 16.4. The zero-order chi connectivity index (χ0) is 12.0. The van der Waals surface area contributed by atoms with E-state index in [1.165, 1.54) is 5.56 Å². The van der Waals surface area contributed by atoms with Gasteiger partial charge in [0.15, 0.2) is 0 Å². The van der Waals surface area contributed by atoms with Crippen LogP contribution in [0.25, 0.3) is 0 Å². The first-order valence-electron chi connectivity index (χ1n) is 5.20. The van der Waals surface area contributed by atoms with Gasteiger partial charge in [0, 0.05) is 6.54 Å². The molecule has 0 aliphatic heterocycles. The van der Waals surface area contributed by atoms with E-state index in [2.05, 4.69) is 17.0 Å². The van der Waals surface area contributed by atoms with Crippen LogP contribution in [0.5, 0.6) is 0 Å². The summed E-state index contributed by atoms with van der Waals surface area (Å²) in [5.41, 5.74) is 1.23. The predicted molar refractivity (Wildman–Crippen MR) is 63.0 cm³/mol. The molecule has 88 valence electrons. The topological polar surface area (TPSA) is 43.8 Å². The number of nitrogens with zero attached hydrogens (tertiary/aromatic N) is 2. The third-order valence-electron chi connectivity index (χ3n) is 2.18. The van der Waals surface area contributed by atoms with Crippen LogP contribution in [-0.2, 0) is 11.3 Å². The van der Waals surface area contributed by atoms with Crippen LogP contribution in [0.15, 0.2) is 30.3 Å². The SMILES string of the molecule is CN(CC(=O)O)CN(C)Cc1ccccc1. The summed E-state index contributed by atoms with van der Waals surface area (Å²) in [6.45, 7) is 1.53. The molecule has 4 heteroatoms. The maximum absolute atomic E-state index is 10.5. The van der Waals surface area contributed by atoms with Crippen LogP contribution in [0.2, 0.25) is 0 Å². The van der Waals surface area contributed by atoms with Gasteiger partial charge in [-0.25, -0.2) is 0 Å². The molecule has 0 radical (unpaired) electrons. The Morgan fingerprint density at radius 3 is 2.38 bits per heavy atom. The fraction of sp³-hybridized carbons (Fsp3) is 0.417. The summed E-state index contributed by atoms with van der Waals surface area (Å²) in [5, 5.41) is 8.63. The van der Waals surface area contributed by atoms with Crippen molar-refractivity contribution in [1.29, 1.82) is 0 Å². The summed E-state index contributed by atoms with van der Waals surface area (Å²) in [6, 6.07) is 10.1. The summed E-state index contributed by atoms with van der Waals surface area (Å²) < 4.78 is 0. The van der Waals surface area contributed by atoms with Gasteiger partial charge in [-0.05, 0) is 19.7 Å². The first kappa shape index (κ1) is 12.7. The van der Waals surface area contributed by atoms with Crippen molar-refractivity contribution >= 4 is 5.97 Å². The smallest absolute Gasteiger partial charge is 0.317 e. The van der Waals surface area contributed by atoms with Gasteiger partial charge in [0.1, 0.15) is 0 Å². The Balaban J connectivity index is 2.36. The molecule has 0 aliphatic rings. The number of hydrogen-bond donors (Lipinski definition) is 1. The number of rotatable bonds is 6. The lowest BCUT2D eigenvalue weighted by Crippen LogP contribution is -2.35. The quantitative estimate of drug-likeness (QED) is 0.732. The van der Waals surface area contributed by atoms with E-state index in [9.17, 15) is 4.79 Å². The normalized spacial score (nSPS) is 11.0. The second-order valence-electron chi connectivity index (χ2n) is 4.05. The minimum atomic E-state index is -0.796. The van der Waals surface area contributed by atoms with Gasteiger partial charge >= 0.3 is 5.97 Å². The molecule has 4 nitrogen and oxygen atoms in total. The molecule has 0 spiro atoms. The maximum atomic E-state index is 10.5. The molecule has 0 saturated heterocycles. The molecule has 0 aromatic heterocycles. The number of carbonyl (C=O) groups is 1. The highest BCUT2D eigenvalue weighted by molar-refractivity contribution is 5.68. The third kappa shape index (κ3) is 4.91. The molecule has 1 rings (SSSR count). The molecule has 0 aliphatic carbocycles. The molecule has 1 aromatic carbocycles. The molecule has 0 heterocycles. The summed E-state index contributed by atoms with van der Waals surface area (Å²) in [5.74, 6) is -0.796. The Morgan fingerprint density at radius 1 is 1.19 bits per heavy atom. The van der Waals surface area contributed by atoms with E-state index in [0.29, 0.717) is 6.67 Å². The second kappa shape index (κ2) is 6.25. The van der Waals surface area contributed by atoms with E-state index in [-0.39, 0.29) is 6.54 Å². The molecular weight excluding hydrogens is 204 g/mol. The monoisotopic (exact) mass is 222 g/mol. The van der Waals surface area contributed by atoms with Gasteiger partial charge in [0.05, 0.1) is 13.2 Å². The largest absolute Gasteiger partial charge is 0.480 e. The fourth-order valence-electron chi connectivity index (χ4n) is 1.64. The lowest BCUT2D eigenvalue weighted by Gasteiger charge is -2.23. The number of hydrogen-bond acceptors (Lipinski definition) is 3. The van der Waals surface area contributed by atoms with Crippen LogP contribution in [0, 0.1) is 0 Å². The lowest BCUT2D eigenvalue weighted by atomic mass is 10.2. The van der Waals surface area contributed by atoms with Gasteiger partial charge in [-0.2, -0.15) is 0 Å². The number of carboxylic acid groups (broad SMARTS) is 1. The van der Waals surface area contributed by atoms with Gasteiger partial charge in [-0.3, -0.25) is 14.6 Å². The maximum Gasteiger partial charge on any atom is 0.317 e. The molecule has 0 unspecified atom stereocenters. The third-order valence-corrected chi connectivity index (χ3v) is 2.18. The summed E-state index contributed by atoms with van der Waals surface area (Å²) in [6.07, 6.45) is 0. The Hall–Kier alpha value is -1.39. The summed E-state index contributed by atoms with van der Waals surface area (Å²) >= 11 is 0. The Bertz CT molecular complexity index is 327. The van der Waals surface area contributed by atoms with Crippen LogP contribution in [0.4, 0.5) is 0 Å². The van der Waals surface area contributed by atoms with Crippen molar-refractivity contribution in [2.45, 2.75) is 6.54 Å². The first-order valence-corrected chi connectivity index (χ1v) is 5.20. The van der Waals surface area contributed by atoms with Crippen molar-refractivity contribution in [3.63, 3.8) is 0 Å². The minimum Gasteiger partial charge on any atom is -0.480 e. The van der Waals surface area contributed by atoms with E-state index in [0.717, 1.165) is 6.54 Å². The van der Waals surface area contributed by atoms with Crippen molar-refractivity contribution in [1.82, 2.24) is 9.80 Å². The highest BCUT2D eigenvalue weighted by Gasteiger charge is 2.07. The average molecular weight is 222 g/mol. The van der Waals surface area contributed by atoms with Crippen LogP contribution in [0.1, 0.15) is 5.56 Å².